The van der Waals surface area contributed by atoms with Gasteiger partial charge in [0.2, 0.25) is 5.76 Å². The van der Waals surface area contributed by atoms with Gasteiger partial charge in [-0.25, -0.2) is 0 Å². The zero-order valence-electron chi connectivity index (χ0n) is 13.7. The van der Waals surface area contributed by atoms with E-state index in [1.165, 1.54) is 6.26 Å². The van der Waals surface area contributed by atoms with Crippen molar-refractivity contribution in [1.29, 1.82) is 0 Å². The Kier molecular flexibility index (Phi) is 5.66. The minimum absolute atomic E-state index is 0.0700. The topological polar surface area (TPSA) is 104 Å². The molecule has 0 fully saturated rings. The van der Waals surface area contributed by atoms with Gasteiger partial charge >= 0.3 is 5.97 Å². The molecule has 0 bridgehead atoms. The van der Waals surface area contributed by atoms with Crippen LogP contribution >= 0.6 is 0 Å². The van der Waals surface area contributed by atoms with Gasteiger partial charge in [0, 0.05) is 6.07 Å². The van der Waals surface area contributed by atoms with Crippen LogP contribution < -0.4 is 10.1 Å². The largest absolute Gasteiger partial charge is 0.484 e. The summed E-state index contributed by atoms with van der Waals surface area (Å²) < 4.78 is 20.6. The first-order valence-corrected chi connectivity index (χ1v) is 7.80. The van der Waals surface area contributed by atoms with Gasteiger partial charge < -0.3 is 23.7 Å². The predicted octanol–water partition coefficient (Wildman–Crippen LogP) is 2.17. The summed E-state index contributed by atoms with van der Waals surface area (Å²) in [6, 6.07) is 14.0. The highest BCUT2D eigenvalue weighted by Gasteiger charge is 2.12. The molecule has 3 aromatic rings. The number of hydrogen-bond acceptors (Lipinski definition) is 7. The van der Waals surface area contributed by atoms with Crippen LogP contribution in [0.4, 0.5) is 0 Å². The molecule has 26 heavy (non-hydrogen) atoms. The highest BCUT2D eigenvalue weighted by atomic mass is 16.5. The number of hydrogen-bond donors (Lipinski definition) is 1. The molecule has 0 radical (unpaired) electrons. The van der Waals surface area contributed by atoms with Crippen molar-refractivity contribution in [2.45, 2.75) is 6.61 Å². The average molecular weight is 356 g/mol. The predicted molar refractivity (Wildman–Crippen MR) is 88.9 cm³/mol. The second kappa shape index (κ2) is 8.52. The number of carbonyl (C=O) groups excluding carboxylic acids is 2. The number of amides is 1. The first kappa shape index (κ1) is 17.3. The van der Waals surface area contributed by atoms with Gasteiger partial charge in [-0.05, 0) is 24.3 Å². The van der Waals surface area contributed by atoms with Crippen molar-refractivity contribution in [1.82, 2.24) is 10.5 Å². The molecule has 3 rings (SSSR count). The maximum Gasteiger partial charge on any atom is 0.325 e. The maximum atomic E-state index is 11.7. The van der Waals surface area contributed by atoms with Crippen molar-refractivity contribution >= 4 is 11.9 Å². The van der Waals surface area contributed by atoms with E-state index in [0.29, 0.717) is 23.0 Å². The number of ether oxygens (including phenoxy) is 2. The zero-order chi connectivity index (χ0) is 18.2. The summed E-state index contributed by atoms with van der Waals surface area (Å²) in [5.41, 5.74) is 0.434. The Morgan fingerprint density at radius 2 is 1.92 bits per heavy atom. The fourth-order valence-electron chi connectivity index (χ4n) is 2.01. The maximum absolute atomic E-state index is 11.7. The van der Waals surface area contributed by atoms with Crippen molar-refractivity contribution in [3.63, 3.8) is 0 Å². The fourth-order valence-corrected chi connectivity index (χ4v) is 2.01. The van der Waals surface area contributed by atoms with Crippen LogP contribution in [0.25, 0.3) is 11.5 Å². The average Bonchev–Trinajstić information content (AvgIpc) is 3.35. The van der Waals surface area contributed by atoms with E-state index in [9.17, 15) is 9.59 Å². The number of carbonyl (C=O) groups is 2. The Hall–Kier alpha value is -3.55. The molecule has 2 heterocycles. The van der Waals surface area contributed by atoms with E-state index >= 15 is 0 Å². The lowest BCUT2D eigenvalue weighted by atomic mass is 10.3. The van der Waals surface area contributed by atoms with Crippen LogP contribution in [0.15, 0.2) is 63.7 Å². The third-order valence-electron chi connectivity index (χ3n) is 3.25. The van der Waals surface area contributed by atoms with Crippen LogP contribution in [0, 0.1) is 0 Å². The minimum atomic E-state index is -0.597. The molecule has 0 saturated carbocycles. The lowest BCUT2D eigenvalue weighted by Crippen LogP contribution is -2.34. The number of rotatable bonds is 8. The molecule has 1 aromatic carbocycles. The first-order valence-electron chi connectivity index (χ1n) is 7.80. The summed E-state index contributed by atoms with van der Waals surface area (Å²) in [6.45, 7) is -0.521. The van der Waals surface area contributed by atoms with Gasteiger partial charge in [0.15, 0.2) is 12.4 Å². The smallest absolute Gasteiger partial charge is 0.325 e. The van der Waals surface area contributed by atoms with Gasteiger partial charge in [-0.1, -0.05) is 23.4 Å². The minimum Gasteiger partial charge on any atom is -0.484 e. The Bertz CT molecular complexity index is 842. The molecule has 0 saturated heterocycles. The number of furan rings is 1. The second-order valence-corrected chi connectivity index (χ2v) is 5.20. The van der Waals surface area contributed by atoms with Crippen molar-refractivity contribution in [2.24, 2.45) is 0 Å². The van der Waals surface area contributed by atoms with Crippen LogP contribution in [-0.4, -0.2) is 30.2 Å². The molecule has 0 atom stereocenters. The first-order chi connectivity index (χ1) is 12.7. The molecule has 0 aliphatic rings. The Labute approximate surface area is 148 Å². The quantitative estimate of drug-likeness (QED) is 0.617. The van der Waals surface area contributed by atoms with E-state index in [-0.39, 0.29) is 19.8 Å². The summed E-state index contributed by atoms with van der Waals surface area (Å²) in [6.07, 6.45) is 1.52. The van der Waals surface area contributed by atoms with Crippen LogP contribution in [0.2, 0.25) is 0 Å². The fraction of sp³-hybridized carbons (Fsp3) is 0.167. The molecule has 0 unspecified atom stereocenters. The van der Waals surface area contributed by atoms with Crippen LogP contribution in [-0.2, 0) is 20.9 Å². The van der Waals surface area contributed by atoms with Crippen LogP contribution in [0.3, 0.4) is 0 Å². The van der Waals surface area contributed by atoms with Gasteiger partial charge in [0.05, 0.1) is 6.26 Å². The van der Waals surface area contributed by atoms with Gasteiger partial charge in [0.1, 0.15) is 24.6 Å². The normalized spacial score (nSPS) is 10.3. The second-order valence-electron chi connectivity index (χ2n) is 5.20. The van der Waals surface area contributed by atoms with Crippen molar-refractivity contribution in [3.8, 4) is 17.3 Å². The summed E-state index contributed by atoms with van der Waals surface area (Å²) in [5, 5.41) is 6.20. The Morgan fingerprint density at radius 1 is 1.08 bits per heavy atom. The van der Waals surface area contributed by atoms with Gasteiger partial charge in [-0.3, -0.25) is 9.59 Å². The Balaban J connectivity index is 1.36. The molecule has 1 amide bonds. The third kappa shape index (κ3) is 4.97. The lowest BCUT2D eigenvalue weighted by molar-refractivity contribution is -0.145. The molecule has 0 aliphatic heterocycles. The van der Waals surface area contributed by atoms with Crippen LogP contribution in [0.5, 0.6) is 5.75 Å². The molecule has 134 valence electrons. The monoisotopic (exact) mass is 356 g/mol. The number of nitrogens with zero attached hydrogens (tertiary/aromatic N) is 1. The van der Waals surface area contributed by atoms with E-state index in [1.807, 2.05) is 6.07 Å². The molecule has 0 spiro atoms. The number of nitrogens with one attached hydrogen (secondary N) is 1. The van der Waals surface area contributed by atoms with Gasteiger partial charge in [-0.2, -0.15) is 0 Å². The highest BCUT2D eigenvalue weighted by Crippen LogP contribution is 2.20. The summed E-state index contributed by atoms with van der Waals surface area (Å²) >= 11 is 0. The molecule has 1 N–H and O–H groups in total. The van der Waals surface area contributed by atoms with Crippen molar-refractivity contribution < 1.29 is 28.0 Å². The standard InChI is InChI=1S/C18H16N2O6/c21-17(12-24-14-5-2-1-3-6-14)19-10-18(22)25-11-13-9-16(26-20-13)15-7-4-8-23-15/h1-9H,10-12H2,(H,19,21). The molecule has 8 heteroatoms. The number of para-hydroxylation sites is 1. The zero-order valence-corrected chi connectivity index (χ0v) is 13.7. The van der Waals surface area contributed by atoms with Crippen molar-refractivity contribution in [3.05, 3.63) is 60.5 Å². The van der Waals surface area contributed by atoms with Crippen LogP contribution in [0.1, 0.15) is 5.69 Å². The molecular formula is C18H16N2O6. The third-order valence-corrected chi connectivity index (χ3v) is 3.25. The molecule has 8 nitrogen and oxygen atoms in total. The lowest BCUT2D eigenvalue weighted by Gasteiger charge is -2.07. The summed E-state index contributed by atoms with van der Waals surface area (Å²) in [5.74, 6) is 0.518. The van der Waals surface area contributed by atoms with E-state index in [0.717, 1.165) is 0 Å². The SMILES string of the molecule is O=C(COc1ccccc1)NCC(=O)OCc1cc(-c2ccco2)on1. The highest BCUT2D eigenvalue weighted by molar-refractivity contribution is 5.82. The molecule has 0 aliphatic carbocycles. The van der Waals surface area contributed by atoms with Gasteiger partial charge in [-0.15, -0.1) is 0 Å². The number of aromatic nitrogens is 1. The summed E-state index contributed by atoms with van der Waals surface area (Å²) in [4.78, 5) is 23.3. The number of esters is 1. The number of benzene rings is 1. The van der Waals surface area contributed by atoms with E-state index in [4.69, 9.17) is 18.4 Å². The van der Waals surface area contributed by atoms with E-state index in [2.05, 4.69) is 10.5 Å². The summed E-state index contributed by atoms with van der Waals surface area (Å²) in [7, 11) is 0. The Morgan fingerprint density at radius 3 is 2.69 bits per heavy atom. The molecular weight excluding hydrogens is 340 g/mol. The van der Waals surface area contributed by atoms with Gasteiger partial charge in [0.25, 0.3) is 5.91 Å². The van der Waals surface area contributed by atoms with E-state index in [1.54, 1.807) is 42.5 Å². The van der Waals surface area contributed by atoms with Crippen molar-refractivity contribution in [2.75, 3.05) is 13.2 Å². The molecule has 2 aromatic heterocycles. The van der Waals surface area contributed by atoms with E-state index < -0.39 is 11.9 Å².